The Labute approximate surface area is 112 Å². The quantitative estimate of drug-likeness (QED) is 0.820. The van der Waals surface area contributed by atoms with Crippen LogP contribution in [0.1, 0.15) is 31.5 Å². The van der Waals surface area contributed by atoms with Crippen molar-refractivity contribution in [3.8, 4) is 11.6 Å². The van der Waals surface area contributed by atoms with Gasteiger partial charge in [0.15, 0.2) is 5.82 Å². The van der Waals surface area contributed by atoms with Gasteiger partial charge < -0.3 is 15.2 Å². The van der Waals surface area contributed by atoms with E-state index in [0.717, 1.165) is 34.9 Å². The molecule has 1 aliphatic rings. The molecule has 1 saturated carbocycles. The molecule has 3 N–H and O–H groups in total. The maximum atomic E-state index is 6.28. The Morgan fingerprint density at radius 2 is 2.18 bits per heavy atom. The number of nitrogens with one attached hydrogen (secondary N) is 1. The standard InChI is InChI=1S/C11H13IN4O/c12-7-5-8(14-6-7)9-15-10(16-17-9)11(13)3-1-2-4-11/h5-6,14H,1-4,13H2. The molecule has 90 valence electrons. The van der Waals surface area contributed by atoms with Crippen LogP contribution in [0.25, 0.3) is 11.6 Å². The number of aromatic amines is 1. The van der Waals surface area contributed by atoms with Gasteiger partial charge >= 0.3 is 0 Å². The predicted molar refractivity (Wildman–Crippen MR) is 71.1 cm³/mol. The zero-order valence-corrected chi connectivity index (χ0v) is 11.4. The summed E-state index contributed by atoms with van der Waals surface area (Å²) in [5.74, 6) is 1.15. The van der Waals surface area contributed by atoms with Gasteiger partial charge in [-0.25, -0.2) is 0 Å². The molecule has 0 radical (unpaired) electrons. The maximum Gasteiger partial charge on any atom is 0.274 e. The normalized spacial score (nSPS) is 18.7. The number of nitrogens with two attached hydrogens (primary N) is 1. The van der Waals surface area contributed by atoms with E-state index in [1.165, 1.54) is 0 Å². The SMILES string of the molecule is NC1(c2noc(-c3cc(I)c[nH]3)n2)CCCC1. The molecule has 2 heterocycles. The monoisotopic (exact) mass is 344 g/mol. The van der Waals surface area contributed by atoms with Crippen molar-refractivity contribution < 1.29 is 4.52 Å². The minimum atomic E-state index is -0.387. The lowest BCUT2D eigenvalue weighted by molar-refractivity contribution is 0.372. The van der Waals surface area contributed by atoms with E-state index in [1.807, 2.05) is 12.3 Å². The first kappa shape index (κ1) is 11.2. The van der Waals surface area contributed by atoms with Crippen molar-refractivity contribution in [1.29, 1.82) is 0 Å². The van der Waals surface area contributed by atoms with E-state index in [4.69, 9.17) is 10.3 Å². The summed E-state index contributed by atoms with van der Waals surface area (Å²) in [5, 5.41) is 4.02. The molecule has 0 aromatic carbocycles. The molecule has 1 aliphatic carbocycles. The van der Waals surface area contributed by atoms with E-state index in [0.29, 0.717) is 11.7 Å². The van der Waals surface area contributed by atoms with Crippen molar-refractivity contribution in [3.63, 3.8) is 0 Å². The van der Waals surface area contributed by atoms with Gasteiger partial charge in [0.1, 0.15) is 5.69 Å². The summed E-state index contributed by atoms with van der Waals surface area (Å²) in [7, 11) is 0. The van der Waals surface area contributed by atoms with E-state index in [1.54, 1.807) is 0 Å². The molecule has 0 amide bonds. The molecule has 0 atom stereocenters. The average Bonchev–Trinajstić information content (AvgIpc) is 2.96. The number of rotatable bonds is 2. The molecule has 0 unspecified atom stereocenters. The third-order valence-electron chi connectivity index (χ3n) is 3.25. The van der Waals surface area contributed by atoms with Gasteiger partial charge in [-0.15, -0.1) is 0 Å². The topological polar surface area (TPSA) is 80.7 Å². The summed E-state index contributed by atoms with van der Waals surface area (Å²) in [4.78, 5) is 7.50. The Balaban J connectivity index is 1.92. The van der Waals surface area contributed by atoms with Gasteiger partial charge in [-0.1, -0.05) is 18.0 Å². The van der Waals surface area contributed by atoms with Crippen LogP contribution in [0.4, 0.5) is 0 Å². The molecule has 5 nitrogen and oxygen atoms in total. The van der Waals surface area contributed by atoms with Gasteiger partial charge in [0.2, 0.25) is 0 Å². The van der Waals surface area contributed by atoms with E-state index in [-0.39, 0.29) is 5.54 Å². The van der Waals surface area contributed by atoms with Gasteiger partial charge in [0, 0.05) is 9.77 Å². The first-order chi connectivity index (χ1) is 8.17. The van der Waals surface area contributed by atoms with Gasteiger partial charge in [-0.05, 0) is 41.5 Å². The van der Waals surface area contributed by atoms with Crippen molar-refractivity contribution in [2.75, 3.05) is 0 Å². The van der Waals surface area contributed by atoms with Crippen LogP contribution in [0.5, 0.6) is 0 Å². The van der Waals surface area contributed by atoms with Crippen molar-refractivity contribution >= 4 is 22.6 Å². The number of hydrogen-bond donors (Lipinski definition) is 2. The first-order valence-corrected chi connectivity index (χ1v) is 6.73. The van der Waals surface area contributed by atoms with Crippen LogP contribution >= 0.6 is 22.6 Å². The van der Waals surface area contributed by atoms with Crippen LogP contribution in [0.15, 0.2) is 16.8 Å². The van der Waals surface area contributed by atoms with Gasteiger partial charge in [0.05, 0.1) is 5.54 Å². The van der Waals surface area contributed by atoms with Gasteiger partial charge in [0.25, 0.3) is 5.89 Å². The van der Waals surface area contributed by atoms with E-state index in [9.17, 15) is 0 Å². The lowest BCUT2D eigenvalue weighted by atomic mass is 9.99. The number of H-pyrrole nitrogens is 1. The van der Waals surface area contributed by atoms with E-state index < -0.39 is 0 Å². The van der Waals surface area contributed by atoms with Gasteiger partial charge in [-0.2, -0.15) is 4.98 Å². The summed E-state index contributed by atoms with van der Waals surface area (Å²) in [5.41, 5.74) is 6.74. The summed E-state index contributed by atoms with van der Waals surface area (Å²) in [6.07, 6.45) is 6.05. The number of halogens is 1. The van der Waals surface area contributed by atoms with Crippen molar-refractivity contribution in [1.82, 2.24) is 15.1 Å². The van der Waals surface area contributed by atoms with Crippen LogP contribution in [0.2, 0.25) is 0 Å². The molecule has 2 aromatic heterocycles. The second kappa shape index (κ2) is 4.09. The Hall–Kier alpha value is -0.890. The molecular weight excluding hydrogens is 331 g/mol. The lowest BCUT2D eigenvalue weighted by Crippen LogP contribution is -2.34. The Morgan fingerprint density at radius 1 is 1.41 bits per heavy atom. The molecule has 0 aliphatic heterocycles. The van der Waals surface area contributed by atoms with Crippen LogP contribution in [-0.4, -0.2) is 15.1 Å². The fourth-order valence-corrected chi connectivity index (χ4v) is 2.72. The fraction of sp³-hybridized carbons (Fsp3) is 0.455. The molecular formula is C11H13IN4O. The van der Waals surface area contributed by atoms with Crippen LogP contribution in [0.3, 0.4) is 0 Å². The van der Waals surface area contributed by atoms with Crippen molar-refractivity contribution in [3.05, 3.63) is 21.7 Å². The Bertz CT molecular complexity index is 527. The van der Waals surface area contributed by atoms with Crippen molar-refractivity contribution in [2.45, 2.75) is 31.2 Å². The molecule has 0 bridgehead atoms. The summed E-state index contributed by atoms with van der Waals surface area (Å²) in [6.45, 7) is 0. The molecule has 3 rings (SSSR count). The maximum absolute atomic E-state index is 6.28. The third kappa shape index (κ3) is 1.99. The van der Waals surface area contributed by atoms with E-state index >= 15 is 0 Å². The van der Waals surface area contributed by atoms with Crippen LogP contribution in [-0.2, 0) is 5.54 Å². The molecule has 1 fully saturated rings. The highest BCUT2D eigenvalue weighted by Gasteiger charge is 2.36. The second-order valence-electron chi connectivity index (χ2n) is 4.52. The summed E-state index contributed by atoms with van der Waals surface area (Å²) in [6, 6.07) is 1.97. The largest absolute Gasteiger partial charge is 0.356 e. The van der Waals surface area contributed by atoms with Crippen LogP contribution in [0, 0.1) is 3.57 Å². The lowest BCUT2D eigenvalue weighted by Gasteiger charge is -2.17. The highest BCUT2D eigenvalue weighted by atomic mass is 127. The zero-order valence-electron chi connectivity index (χ0n) is 9.24. The van der Waals surface area contributed by atoms with E-state index in [2.05, 4.69) is 37.7 Å². The minimum Gasteiger partial charge on any atom is -0.356 e. The fourth-order valence-electron chi connectivity index (χ4n) is 2.26. The summed E-state index contributed by atoms with van der Waals surface area (Å²) < 4.78 is 6.38. The smallest absolute Gasteiger partial charge is 0.274 e. The second-order valence-corrected chi connectivity index (χ2v) is 5.76. The van der Waals surface area contributed by atoms with Gasteiger partial charge in [-0.3, -0.25) is 0 Å². The predicted octanol–water partition coefficient (Wildman–Crippen LogP) is 2.40. The minimum absolute atomic E-state index is 0.387. The highest BCUT2D eigenvalue weighted by Crippen LogP contribution is 2.35. The Morgan fingerprint density at radius 3 is 2.82 bits per heavy atom. The molecule has 2 aromatic rings. The third-order valence-corrected chi connectivity index (χ3v) is 3.87. The average molecular weight is 344 g/mol. The Kier molecular flexibility index (Phi) is 2.70. The molecule has 0 saturated heterocycles. The summed E-state index contributed by atoms with van der Waals surface area (Å²) >= 11 is 2.23. The number of nitrogens with zero attached hydrogens (tertiary/aromatic N) is 2. The number of aromatic nitrogens is 3. The van der Waals surface area contributed by atoms with Crippen molar-refractivity contribution in [2.24, 2.45) is 5.73 Å². The highest BCUT2D eigenvalue weighted by molar-refractivity contribution is 14.1. The first-order valence-electron chi connectivity index (χ1n) is 5.65. The molecule has 17 heavy (non-hydrogen) atoms. The zero-order chi connectivity index (χ0) is 11.9. The number of hydrogen-bond acceptors (Lipinski definition) is 4. The molecule has 6 heteroatoms. The molecule has 0 spiro atoms. The van der Waals surface area contributed by atoms with Crippen LogP contribution < -0.4 is 5.73 Å².